The number of ether oxygens (including phenoxy) is 2. The molecule has 0 spiro atoms. The zero-order valence-electron chi connectivity index (χ0n) is 16.0. The van der Waals surface area contributed by atoms with Crippen molar-refractivity contribution >= 4 is 11.9 Å². The van der Waals surface area contributed by atoms with Crippen LogP contribution in [0.15, 0.2) is 54.6 Å². The van der Waals surface area contributed by atoms with Crippen LogP contribution in [-0.2, 0) is 6.54 Å². The van der Waals surface area contributed by atoms with Gasteiger partial charge in [-0.05, 0) is 23.8 Å². The maximum atomic E-state index is 14.4. The van der Waals surface area contributed by atoms with Gasteiger partial charge in [0.05, 0.1) is 12.7 Å². The molecule has 0 unspecified atom stereocenters. The Morgan fingerprint density at radius 3 is 2.13 bits per heavy atom. The van der Waals surface area contributed by atoms with Gasteiger partial charge in [-0.25, -0.2) is 13.6 Å². The summed E-state index contributed by atoms with van der Waals surface area (Å²) in [5.41, 5.74) is -1.04. The Morgan fingerprint density at radius 1 is 0.871 bits per heavy atom. The fourth-order valence-electron chi connectivity index (χ4n) is 2.67. The van der Waals surface area contributed by atoms with Gasteiger partial charge in [0, 0.05) is 6.54 Å². The summed E-state index contributed by atoms with van der Waals surface area (Å²) in [6.45, 7) is -0.131. The topological polar surface area (TPSA) is 64.6 Å². The van der Waals surface area contributed by atoms with Crippen molar-refractivity contribution in [1.82, 2.24) is 5.32 Å². The number of esters is 1. The van der Waals surface area contributed by atoms with Gasteiger partial charge in [0.1, 0.15) is 11.3 Å². The Balaban J connectivity index is 1.87. The molecule has 31 heavy (non-hydrogen) atoms. The van der Waals surface area contributed by atoms with Gasteiger partial charge in [0.15, 0.2) is 11.6 Å². The van der Waals surface area contributed by atoms with E-state index in [-0.39, 0.29) is 17.9 Å². The molecule has 1 N–H and O–H groups in total. The van der Waals surface area contributed by atoms with Crippen LogP contribution in [0.3, 0.4) is 0 Å². The van der Waals surface area contributed by atoms with Crippen LogP contribution in [0.25, 0.3) is 0 Å². The molecule has 0 fully saturated rings. The minimum Gasteiger partial charge on any atom is -0.497 e. The normalized spacial score (nSPS) is 10.5. The minimum atomic E-state index is -2.01. The highest BCUT2D eigenvalue weighted by Crippen LogP contribution is 2.31. The lowest BCUT2D eigenvalue weighted by molar-refractivity contribution is 0.0716. The fraction of sp³-hybridized carbons (Fsp3) is 0.0909. The molecule has 0 bridgehead atoms. The van der Waals surface area contributed by atoms with Crippen molar-refractivity contribution in [2.24, 2.45) is 0 Å². The van der Waals surface area contributed by atoms with Gasteiger partial charge in [-0.2, -0.15) is 8.78 Å². The number of halogens is 4. The largest absolute Gasteiger partial charge is 0.497 e. The van der Waals surface area contributed by atoms with Gasteiger partial charge < -0.3 is 14.8 Å². The van der Waals surface area contributed by atoms with E-state index in [9.17, 15) is 27.2 Å². The number of rotatable bonds is 6. The van der Waals surface area contributed by atoms with E-state index in [4.69, 9.17) is 4.74 Å². The van der Waals surface area contributed by atoms with Crippen LogP contribution in [0.1, 0.15) is 26.3 Å². The highest BCUT2D eigenvalue weighted by atomic mass is 19.2. The first kappa shape index (κ1) is 21.8. The second kappa shape index (κ2) is 9.29. The summed E-state index contributed by atoms with van der Waals surface area (Å²) in [5.74, 6) is -12.0. The summed E-state index contributed by atoms with van der Waals surface area (Å²) in [4.78, 5) is 24.3. The minimum absolute atomic E-state index is 0.131. The lowest BCUT2D eigenvalue weighted by Crippen LogP contribution is -2.26. The van der Waals surface area contributed by atoms with Gasteiger partial charge in [0.25, 0.3) is 5.91 Å². The Morgan fingerprint density at radius 2 is 1.52 bits per heavy atom. The summed E-state index contributed by atoms with van der Waals surface area (Å²) < 4.78 is 67.0. The standard InChI is InChI=1S/C22H15F4NO4/c1-30-14-9-5-8-13(10-14)22(29)31-20-18(25)16(23)15(17(24)19(20)26)21(28)27-11-12-6-3-2-4-7-12/h2-10H,11H2,1H3,(H,27,28). The van der Waals surface area contributed by atoms with Crippen molar-refractivity contribution < 1.29 is 36.6 Å². The molecule has 3 aromatic carbocycles. The molecule has 0 atom stereocenters. The molecule has 3 aromatic rings. The third kappa shape index (κ3) is 4.66. The number of hydrogen-bond donors (Lipinski definition) is 1. The van der Waals surface area contributed by atoms with Crippen molar-refractivity contribution in [3.05, 3.63) is 94.6 Å². The molecule has 9 heteroatoms. The summed E-state index contributed by atoms with van der Waals surface area (Å²) in [5, 5.41) is 2.18. The van der Waals surface area contributed by atoms with E-state index in [0.29, 0.717) is 5.56 Å². The molecule has 160 valence electrons. The van der Waals surface area contributed by atoms with Crippen LogP contribution in [-0.4, -0.2) is 19.0 Å². The van der Waals surface area contributed by atoms with Crippen LogP contribution in [0.4, 0.5) is 17.6 Å². The summed E-state index contributed by atoms with van der Waals surface area (Å²) in [6.07, 6.45) is 0. The predicted octanol–water partition coefficient (Wildman–Crippen LogP) is 4.40. The second-order valence-electron chi connectivity index (χ2n) is 6.25. The molecule has 1 amide bonds. The van der Waals surface area contributed by atoms with E-state index in [1.165, 1.54) is 31.4 Å². The molecular weight excluding hydrogens is 418 g/mol. The van der Waals surface area contributed by atoms with Crippen molar-refractivity contribution in [1.29, 1.82) is 0 Å². The van der Waals surface area contributed by atoms with Crippen LogP contribution in [0.5, 0.6) is 11.5 Å². The van der Waals surface area contributed by atoms with Crippen LogP contribution in [0, 0.1) is 23.3 Å². The first-order chi connectivity index (χ1) is 14.8. The van der Waals surface area contributed by atoms with E-state index >= 15 is 0 Å². The van der Waals surface area contributed by atoms with E-state index in [0.717, 1.165) is 0 Å². The van der Waals surface area contributed by atoms with Crippen LogP contribution < -0.4 is 14.8 Å². The Labute approximate surface area is 174 Å². The number of nitrogens with one attached hydrogen (secondary N) is 1. The second-order valence-corrected chi connectivity index (χ2v) is 6.25. The Bertz CT molecular complexity index is 1110. The average Bonchev–Trinajstić information content (AvgIpc) is 2.80. The molecule has 0 aliphatic carbocycles. The van der Waals surface area contributed by atoms with Gasteiger partial charge in [-0.1, -0.05) is 36.4 Å². The Kier molecular flexibility index (Phi) is 6.54. The molecule has 0 saturated carbocycles. The van der Waals surface area contributed by atoms with Gasteiger partial charge in [-0.15, -0.1) is 0 Å². The first-order valence-electron chi connectivity index (χ1n) is 8.87. The molecule has 0 aromatic heterocycles. The van der Waals surface area contributed by atoms with Crippen LogP contribution >= 0.6 is 0 Å². The first-order valence-corrected chi connectivity index (χ1v) is 8.87. The molecule has 0 heterocycles. The van der Waals surface area contributed by atoms with Gasteiger partial charge in [0.2, 0.25) is 17.4 Å². The monoisotopic (exact) mass is 433 g/mol. The maximum Gasteiger partial charge on any atom is 0.343 e. The molecule has 3 rings (SSSR count). The summed E-state index contributed by atoms with van der Waals surface area (Å²) in [6, 6.07) is 13.7. The number of benzene rings is 3. The maximum absolute atomic E-state index is 14.4. The van der Waals surface area contributed by atoms with E-state index < -0.39 is 46.5 Å². The molecule has 0 saturated heterocycles. The highest BCUT2D eigenvalue weighted by Gasteiger charge is 2.31. The Hall–Kier alpha value is -3.88. The fourth-order valence-corrected chi connectivity index (χ4v) is 2.67. The van der Waals surface area contributed by atoms with E-state index in [2.05, 4.69) is 10.1 Å². The van der Waals surface area contributed by atoms with Crippen molar-refractivity contribution in [3.63, 3.8) is 0 Å². The van der Waals surface area contributed by atoms with Gasteiger partial charge in [-0.3, -0.25) is 4.79 Å². The number of methoxy groups -OCH3 is 1. The summed E-state index contributed by atoms with van der Waals surface area (Å²) in [7, 11) is 1.33. The molecule has 5 nitrogen and oxygen atoms in total. The third-order valence-corrected chi connectivity index (χ3v) is 4.25. The van der Waals surface area contributed by atoms with Crippen molar-refractivity contribution in [3.8, 4) is 11.5 Å². The SMILES string of the molecule is COc1cccc(C(=O)Oc2c(F)c(F)c(C(=O)NCc3ccccc3)c(F)c2F)c1. The quantitative estimate of drug-likeness (QED) is 0.271. The zero-order chi connectivity index (χ0) is 22.5. The van der Waals surface area contributed by atoms with Gasteiger partial charge >= 0.3 is 5.97 Å². The molecular formula is C22H15F4NO4. The molecule has 0 radical (unpaired) electrons. The molecule has 0 aliphatic heterocycles. The zero-order valence-corrected chi connectivity index (χ0v) is 16.0. The average molecular weight is 433 g/mol. The number of carbonyl (C=O) groups excluding carboxylic acids is 2. The number of hydrogen-bond acceptors (Lipinski definition) is 4. The lowest BCUT2D eigenvalue weighted by Gasteiger charge is -2.12. The van der Waals surface area contributed by atoms with Crippen LogP contribution in [0.2, 0.25) is 0 Å². The smallest absolute Gasteiger partial charge is 0.343 e. The highest BCUT2D eigenvalue weighted by molar-refractivity contribution is 5.95. The summed E-state index contributed by atoms with van der Waals surface area (Å²) >= 11 is 0. The molecule has 0 aliphatic rings. The van der Waals surface area contributed by atoms with E-state index in [1.807, 2.05) is 0 Å². The van der Waals surface area contributed by atoms with Crippen molar-refractivity contribution in [2.45, 2.75) is 6.54 Å². The number of amides is 1. The van der Waals surface area contributed by atoms with Crippen molar-refractivity contribution in [2.75, 3.05) is 7.11 Å². The third-order valence-electron chi connectivity index (χ3n) is 4.25. The van der Waals surface area contributed by atoms with E-state index in [1.54, 1.807) is 30.3 Å². The number of carbonyl (C=O) groups is 2. The predicted molar refractivity (Wildman–Crippen MR) is 102 cm³/mol. The lowest BCUT2D eigenvalue weighted by atomic mass is 10.1.